The molecule has 4 amide bonds. The fourth-order valence-electron chi connectivity index (χ4n) is 2.70. The number of anilines is 1. The predicted molar refractivity (Wildman–Crippen MR) is 98.5 cm³/mol. The Morgan fingerprint density at radius 2 is 2.04 bits per heavy atom. The van der Waals surface area contributed by atoms with Gasteiger partial charge in [0.15, 0.2) is 0 Å². The summed E-state index contributed by atoms with van der Waals surface area (Å²) in [4.78, 5) is 41.7. The predicted octanol–water partition coefficient (Wildman–Crippen LogP) is 1.05. The lowest BCUT2D eigenvalue weighted by atomic mass is 9.96. The summed E-state index contributed by atoms with van der Waals surface area (Å²) in [5.41, 5.74) is 1.03. The number of amides is 4. The number of hydrogen-bond acceptors (Lipinski definition) is 5. The average molecular weight is 359 g/mol. The van der Waals surface area contributed by atoms with E-state index in [1.165, 1.54) is 6.08 Å². The van der Waals surface area contributed by atoms with E-state index < -0.39 is 6.03 Å². The number of pyridine rings is 1. The van der Waals surface area contributed by atoms with Gasteiger partial charge in [-0.1, -0.05) is 12.1 Å². The monoisotopic (exact) mass is 359 g/mol. The molecule has 0 unspecified atom stereocenters. The molecule has 1 saturated heterocycles. The number of nitrogens with one attached hydrogen (secondary N) is 3. The van der Waals surface area contributed by atoms with E-state index in [2.05, 4.69) is 27.5 Å². The fourth-order valence-corrected chi connectivity index (χ4v) is 2.70. The van der Waals surface area contributed by atoms with Crippen LogP contribution in [0.5, 0.6) is 0 Å². The van der Waals surface area contributed by atoms with Gasteiger partial charge in [0.1, 0.15) is 5.82 Å². The molecule has 1 aromatic heterocycles. The van der Waals surface area contributed by atoms with E-state index in [0.717, 1.165) is 5.56 Å². The number of carbonyl (C=O) groups excluding carboxylic acids is 3. The van der Waals surface area contributed by atoms with E-state index in [-0.39, 0.29) is 24.3 Å². The van der Waals surface area contributed by atoms with Gasteiger partial charge in [-0.05, 0) is 44.5 Å². The molecule has 140 valence electrons. The zero-order chi connectivity index (χ0) is 18.9. The molecule has 3 N–H and O–H groups in total. The third-order valence-corrected chi connectivity index (χ3v) is 4.15. The van der Waals surface area contributed by atoms with Crippen LogP contribution in [0.3, 0.4) is 0 Å². The molecule has 8 heteroatoms. The number of aromatic nitrogens is 1. The van der Waals surface area contributed by atoms with Crippen LogP contribution >= 0.6 is 0 Å². The molecule has 0 radical (unpaired) electrons. The molecule has 2 rings (SSSR count). The maximum Gasteiger partial charge on any atom is 0.321 e. The van der Waals surface area contributed by atoms with Crippen LogP contribution in [0, 0.1) is 12.8 Å². The van der Waals surface area contributed by atoms with E-state index >= 15 is 0 Å². The zero-order valence-electron chi connectivity index (χ0n) is 15.0. The molecule has 26 heavy (non-hydrogen) atoms. The van der Waals surface area contributed by atoms with Crippen molar-refractivity contribution in [2.75, 3.05) is 31.5 Å². The van der Waals surface area contributed by atoms with Crippen molar-refractivity contribution in [2.45, 2.75) is 19.8 Å². The molecule has 2 heterocycles. The number of piperidine rings is 1. The van der Waals surface area contributed by atoms with Crippen LogP contribution in [-0.4, -0.2) is 53.9 Å². The number of rotatable bonds is 6. The maximum absolute atomic E-state index is 12.3. The van der Waals surface area contributed by atoms with Crippen LogP contribution in [0.2, 0.25) is 0 Å². The number of likely N-dealkylation sites (tertiary alicyclic amines) is 1. The number of imide groups is 1. The second-order valence-electron chi connectivity index (χ2n) is 6.31. The Morgan fingerprint density at radius 3 is 2.65 bits per heavy atom. The van der Waals surface area contributed by atoms with Crippen molar-refractivity contribution < 1.29 is 14.4 Å². The summed E-state index contributed by atoms with van der Waals surface area (Å²) in [6, 6.07) is 3.15. The van der Waals surface area contributed by atoms with Gasteiger partial charge < -0.3 is 10.6 Å². The zero-order valence-corrected chi connectivity index (χ0v) is 15.0. The molecule has 0 atom stereocenters. The number of hydrogen-bond donors (Lipinski definition) is 3. The van der Waals surface area contributed by atoms with Crippen molar-refractivity contribution in [1.82, 2.24) is 20.5 Å². The first kappa shape index (κ1) is 19.6. The van der Waals surface area contributed by atoms with Crippen molar-refractivity contribution in [3.8, 4) is 0 Å². The molecule has 0 aromatic carbocycles. The van der Waals surface area contributed by atoms with E-state index in [9.17, 15) is 14.4 Å². The highest BCUT2D eigenvalue weighted by Crippen LogP contribution is 2.18. The molecule has 0 spiro atoms. The van der Waals surface area contributed by atoms with Crippen molar-refractivity contribution >= 4 is 23.7 Å². The Kier molecular flexibility index (Phi) is 7.28. The van der Waals surface area contributed by atoms with E-state index in [1.807, 2.05) is 17.9 Å². The summed E-state index contributed by atoms with van der Waals surface area (Å²) in [5.74, 6) is 0.0359. The van der Waals surface area contributed by atoms with Gasteiger partial charge in [-0.2, -0.15) is 0 Å². The van der Waals surface area contributed by atoms with Crippen molar-refractivity contribution in [2.24, 2.45) is 5.92 Å². The standard InChI is InChI=1S/C18H25N5O3/c1-3-8-19-18(26)22-16(24)12-23-9-6-14(7-10-23)17(25)21-15-5-4-13(2)11-20-15/h3-5,11,14H,1,6-10,12H2,2H3,(H,20,21,25)(H2,19,22,24,26). The average Bonchev–Trinajstić information content (AvgIpc) is 2.62. The van der Waals surface area contributed by atoms with Gasteiger partial charge in [0.05, 0.1) is 6.54 Å². The first-order chi connectivity index (χ1) is 12.5. The fraction of sp³-hybridized carbons (Fsp3) is 0.444. The van der Waals surface area contributed by atoms with Gasteiger partial charge in [0, 0.05) is 18.7 Å². The molecule has 0 bridgehead atoms. The van der Waals surface area contributed by atoms with Crippen LogP contribution in [0.4, 0.5) is 10.6 Å². The number of nitrogens with zero attached hydrogens (tertiary/aromatic N) is 2. The summed E-state index contributed by atoms with van der Waals surface area (Å²) in [7, 11) is 0. The van der Waals surface area contributed by atoms with Crippen LogP contribution in [-0.2, 0) is 9.59 Å². The second kappa shape index (κ2) is 9.67. The van der Waals surface area contributed by atoms with Crippen LogP contribution in [0.1, 0.15) is 18.4 Å². The summed E-state index contributed by atoms with van der Waals surface area (Å²) < 4.78 is 0. The molecule has 1 aliphatic heterocycles. The van der Waals surface area contributed by atoms with Gasteiger partial charge >= 0.3 is 6.03 Å². The molecular weight excluding hydrogens is 334 g/mol. The number of urea groups is 1. The van der Waals surface area contributed by atoms with Gasteiger partial charge in [-0.15, -0.1) is 6.58 Å². The SMILES string of the molecule is C=CCNC(=O)NC(=O)CN1CCC(C(=O)Nc2ccc(C)cn2)CC1. The third kappa shape index (κ3) is 6.29. The molecule has 1 fully saturated rings. The topological polar surface area (TPSA) is 103 Å². The Bertz CT molecular complexity index is 651. The molecule has 8 nitrogen and oxygen atoms in total. The lowest BCUT2D eigenvalue weighted by molar-refractivity contribution is -0.122. The highest BCUT2D eigenvalue weighted by Gasteiger charge is 2.26. The molecule has 1 aliphatic rings. The van der Waals surface area contributed by atoms with Crippen molar-refractivity contribution in [3.05, 3.63) is 36.5 Å². The Labute approximate surface area is 153 Å². The van der Waals surface area contributed by atoms with Gasteiger partial charge in [-0.25, -0.2) is 9.78 Å². The van der Waals surface area contributed by atoms with Crippen LogP contribution < -0.4 is 16.0 Å². The normalized spacial score (nSPS) is 15.1. The number of carbonyl (C=O) groups is 3. The summed E-state index contributed by atoms with van der Waals surface area (Å²) in [5, 5.41) is 7.58. The minimum Gasteiger partial charge on any atom is -0.334 e. The van der Waals surface area contributed by atoms with Crippen molar-refractivity contribution in [3.63, 3.8) is 0 Å². The lowest BCUT2D eigenvalue weighted by Crippen LogP contribution is -2.47. The Hall–Kier alpha value is -2.74. The molecule has 0 saturated carbocycles. The smallest absolute Gasteiger partial charge is 0.321 e. The maximum atomic E-state index is 12.3. The molecule has 0 aliphatic carbocycles. The highest BCUT2D eigenvalue weighted by atomic mass is 16.2. The highest BCUT2D eigenvalue weighted by molar-refractivity contribution is 5.95. The van der Waals surface area contributed by atoms with E-state index in [0.29, 0.717) is 38.3 Å². The van der Waals surface area contributed by atoms with Crippen LogP contribution in [0.15, 0.2) is 31.0 Å². The lowest BCUT2D eigenvalue weighted by Gasteiger charge is -2.30. The first-order valence-electron chi connectivity index (χ1n) is 8.62. The Balaban J connectivity index is 1.71. The molecular formula is C18H25N5O3. The third-order valence-electron chi connectivity index (χ3n) is 4.15. The minimum absolute atomic E-state index is 0.0470. The van der Waals surface area contributed by atoms with Gasteiger partial charge in [0.2, 0.25) is 11.8 Å². The first-order valence-corrected chi connectivity index (χ1v) is 8.62. The summed E-state index contributed by atoms with van der Waals surface area (Å²) >= 11 is 0. The summed E-state index contributed by atoms with van der Waals surface area (Å²) in [6.07, 6.45) is 4.56. The quantitative estimate of drug-likeness (QED) is 0.659. The van der Waals surface area contributed by atoms with E-state index in [4.69, 9.17) is 0 Å². The van der Waals surface area contributed by atoms with Crippen LogP contribution in [0.25, 0.3) is 0 Å². The van der Waals surface area contributed by atoms with Gasteiger partial charge in [0.25, 0.3) is 0 Å². The largest absolute Gasteiger partial charge is 0.334 e. The second-order valence-corrected chi connectivity index (χ2v) is 6.31. The Morgan fingerprint density at radius 1 is 1.31 bits per heavy atom. The number of aryl methyl sites for hydroxylation is 1. The van der Waals surface area contributed by atoms with Gasteiger partial charge in [-0.3, -0.25) is 19.8 Å². The van der Waals surface area contributed by atoms with E-state index in [1.54, 1.807) is 12.3 Å². The minimum atomic E-state index is -0.533. The summed E-state index contributed by atoms with van der Waals surface area (Å²) in [6.45, 7) is 7.11. The van der Waals surface area contributed by atoms with Crippen molar-refractivity contribution in [1.29, 1.82) is 0 Å². The molecule has 1 aromatic rings.